The summed E-state index contributed by atoms with van der Waals surface area (Å²) in [6.07, 6.45) is 7.74. The van der Waals surface area contributed by atoms with Gasteiger partial charge in [-0.2, -0.15) is 0 Å². The van der Waals surface area contributed by atoms with Crippen molar-refractivity contribution in [1.82, 2.24) is 15.3 Å². The molecule has 4 rings (SSSR count). The number of rotatable bonds is 5. The molecule has 0 spiro atoms. The van der Waals surface area contributed by atoms with Gasteiger partial charge in [0.1, 0.15) is 0 Å². The second-order valence-corrected chi connectivity index (χ2v) is 7.03. The normalized spacial score (nSPS) is 30.1. The van der Waals surface area contributed by atoms with Crippen molar-refractivity contribution in [2.75, 3.05) is 31.1 Å². The Morgan fingerprint density at radius 3 is 2.91 bits per heavy atom. The third-order valence-electron chi connectivity index (χ3n) is 5.30. The lowest BCUT2D eigenvalue weighted by Crippen LogP contribution is -2.43. The second-order valence-electron chi connectivity index (χ2n) is 7.03. The molecule has 6 nitrogen and oxygen atoms in total. The molecule has 6 heteroatoms. The fourth-order valence-corrected chi connectivity index (χ4v) is 3.77. The van der Waals surface area contributed by atoms with E-state index >= 15 is 0 Å². The van der Waals surface area contributed by atoms with Crippen LogP contribution in [0.5, 0.6) is 0 Å². The standard InChI is InChI=1S/C17H24N4O2/c22-16(20-9-12-2-3-12)8-15-14-4-7-21(10-13(14)11-23-15)17-18-5-1-6-19-17/h1,5-6,12-15H,2-4,7-11H2,(H,20,22)/t13-,14-,15-/m0/s1. The van der Waals surface area contributed by atoms with Gasteiger partial charge in [0, 0.05) is 37.9 Å². The smallest absolute Gasteiger partial charge is 0.225 e. The summed E-state index contributed by atoms with van der Waals surface area (Å²) in [5, 5.41) is 3.05. The first-order chi connectivity index (χ1) is 11.3. The largest absolute Gasteiger partial charge is 0.377 e. The Labute approximate surface area is 136 Å². The van der Waals surface area contributed by atoms with Crippen LogP contribution >= 0.6 is 0 Å². The summed E-state index contributed by atoms with van der Waals surface area (Å²) in [6, 6.07) is 1.84. The minimum absolute atomic E-state index is 0.0815. The zero-order valence-corrected chi connectivity index (χ0v) is 13.4. The van der Waals surface area contributed by atoms with Crippen molar-refractivity contribution in [3.05, 3.63) is 18.5 Å². The van der Waals surface area contributed by atoms with E-state index in [2.05, 4.69) is 20.2 Å². The maximum absolute atomic E-state index is 12.1. The molecule has 3 fully saturated rings. The Bertz CT molecular complexity index is 549. The summed E-state index contributed by atoms with van der Waals surface area (Å²) in [5.41, 5.74) is 0. The van der Waals surface area contributed by atoms with Crippen LogP contribution in [0.1, 0.15) is 25.7 Å². The van der Waals surface area contributed by atoms with Crippen LogP contribution in [0.3, 0.4) is 0 Å². The summed E-state index contributed by atoms with van der Waals surface area (Å²) < 4.78 is 5.95. The molecule has 1 aliphatic carbocycles. The quantitative estimate of drug-likeness (QED) is 0.885. The van der Waals surface area contributed by atoms with E-state index in [1.165, 1.54) is 12.8 Å². The predicted molar refractivity (Wildman–Crippen MR) is 85.9 cm³/mol. The lowest BCUT2D eigenvalue weighted by molar-refractivity contribution is -0.123. The first kappa shape index (κ1) is 14.9. The van der Waals surface area contributed by atoms with Crippen molar-refractivity contribution < 1.29 is 9.53 Å². The maximum Gasteiger partial charge on any atom is 0.225 e. The lowest BCUT2D eigenvalue weighted by Gasteiger charge is -2.35. The minimum Gasteiger partial charge on any atom is -0.377 e. The highest BCUT2D eigenvalue weighted by atomic mass is 16.5. The molecule has 124 valence electrons. The first-order valence-electron chi connectivity index (χ1n) is 8.70. The van der Waals surface area contributed by atoms with Gasteiger partial charge in [-0.15, -0.1) is 0 Å². The molecule has 3 heterocycles. The molecule has 2 saturated heterocycles. The Morgan fingerprint density at radius 1 is 1.30 bits per heavy atom. The zero-order chi connectivity index (χ0) is 15.6. The number of hydrogen-bond acceptors (Lipinski definition) is 5. The van der Waals surface area contributed by atoms with E-state index in [1.54, 1.807) is 12.4 Å². The van der Waals surface area contributed by atoms with E-state index < -0.39 is 0 Å². The van der Waals surface area contributed by atoms with E-state index in [9.17, 15) is 4.79 Å². The number of anilines is 1. The van der Waals surface area contributed by atoms with Gasteiger partial charge in [-0.1, -0.05) is 0 Å². The van der Waals surface area contributed by atoms with Crippen LogP contribution in [-0.2, 0) is 9.53 Å². The van der Waals surface area contributed by atoms with Gasteiger partial charge in [-0.05, 0) is 37.2 Å². The molecular weight excluding hydrogens is 292 g/mol. The number of carbonyl (C=O) groups is 1. The van der Waals surface area contributed by atoms with Gasteiger partial charge >= 0.3 is 0 Å². The molecule has 0 bridgehead atoms. The van der Waals surface area contributed by atoms with Gasteiger partial charge in [0.05, 0.1) is 19.1 Å². The molecule has 0 radical (unpaired) electrons. The van der Waals surface area contributed by atoms with E-state index in [4.69, 9.17) is 4.74 Å². The molecular formula is C17H24N4O2. The van der Waals surface area contributed by atoms with Crippen molar-refractivity contribution in [3.63, 3.8) is 0 Å². The summed E-state index contributed by atoms with van der Waals surface area (Å²) >= 11 is 0. The lowest BCUT2D eigenvalue weighted by atomic mass is 9.83. The minimum atomic E-state index is 0.0815. The highest BCUT2D eigenvalue weighted by molar-refractivity contribution is 5.76. The Hall–Kier alpha value is -1.69. The Kier molecular flexibility index (Phi) is 4.16. The van der Waals surface area contributed by atoms with Crippen LogP contribution < -0.4 is 10.2 Å². The third-order valence-corrected chi connectivity index (χ3v) is 5.30. The van der Waals surface area contributed by atoms with Crippen LogP contribution in [0.2, 0.25) is 0 Å². The molecule has 3 atom stereocenters. The van der Waals surface area contributed by atoms with Gasteiger partial charge in [-0.3, -0.25) is 4.79 Å². The average Bonchev–Trinajstić information content (AvgIpc) is 3.35. The second kappa shape index (κ2) is 6.43. The summed E-state index contributed by atoms with van der Waals surface area (Å²) in [4.78, 5) is 23.0. The SMILES string of the molecule is O=C(C[C@@H]1OC[C@@H]2CN(c3ncccn3)CC[C@@H]21)NCC1CC1. The first-order valence-corrected chi connectivity index (χ1v) is 8.70. The van der Waals surface area contributed by atoms with E-state index in [-0.39, 0.29) is 12.0 Å². The molecule has 0 unspecified atom stereocenters. The summed E-state index contributed by atoms with van der Waals surface area (Å²) in [6.45, 7) is 3.46. The number of piperidine rings is 1. The number of carbonyl (C=O) groups excluding carboxylic acids is 1. The van der Waals surface area contributed by atoms with Crippen molar-refractivity contribution in [2.45, 2.75) is 31.8 Å². The third kappa shape index (κ3) is 3.47. The topological polar surface area (TPSA) is 67.3 Å². The predicted octanol–water partition coefficient (Wildman–Crippen LogP) is 1.23. The molecule has 1 saturated carbocycles. The van der Waals surface area contributed by atoms with Crippen LogP contribution in [0.15, 0.2) is 18.5 Å². The van der Waals surface area contributed by atoms with Crippen LogP contribution in [-0.4, -0.2) is 48.2 Å². The van der Waals surface area contributed by atoms with E-state index in [0.717, 1.165) is 44.5 Å². The van der Waals surface area contributed by atoms with Crippen molar-refractivity contribution in [2.24, 2.45) is 17.8 Å². The number of hydrogen-bond donors (Lipinski definition) is 1. The van der Waals surface area contributed by atoms with Crippen LogP contribution in [0.25, 0.3) is 0 Å². The molecule has 1 N–H and O–H groups in total. The number of nitrogens with one attached hydrogen (secondary N) is 1. The van der Waals surface area contributed by atoms with Gasteiger partial charge in [0.2, 0.25) is 11.9 Å². The van der Waals surface area contributed by atoms with Gasteiger partial charge < -0.3 is 15.0 Å². The molecule has 1 aromatic rings. The maximum atomic E-state index is 12.1. The fraction of sp³-hybridized carbons (Fsp3) is 0.706. The van der Waals surface area contributed by atoms with E-state index in [1.807, 2.05) is 6.07 Å². The molecule has 3 aliphatic rings. The molecule has 1 amide bonds. The molecule has 23 heavy (non-hydrogen) atoms. The fourth-order valence-electron chi connectivity index (χ4n) is 3.77. The van der Waals surface area contributed by atoms with Crippen molar-refractivity contribution >= 4 is 11.9 Å². The van der Waals surface area contributed by atoms with Gasteiger partial charge in [-0.25, -0.2) is 9.97 Å². The highest BCUT2D eigenvalue weighted by Gasteiger charge is 2.42. The molecule has 2 aliphatic heterocycles. The van der Waals surface area contributed by atoms with Gasteiger partial charge in [0.15, 0.2) is 0 Å². The Balaban J connectivity index is 1.30. The summed E-state index contributed by atoms with van der Waals surface area (Å²) in [5.74, 6) is 2.65. The number of aromatic nitrogens is 2. The highest BCUT2D eigenvalue weighted by Crippen LogP contribution is 2.36. The molecule has 1 aromatic heterocycles. The zero-order valence-electron chi connectivity index (χ0n) is 13.4. The number of fused-ring (bicyclic) bond motifs is 1. The average molecular weight is 316 g/mol. The van der Waals surface area contributed by atoms with Crippen molar-refractivity contribution in [3.8, 4) is 0 Å². The van der Waals surface area contributed by atoms with Crippen LogP contribution in [0, 0.1) is 17.8 Å². The summed E-state index contributed by atoms with van der Waals surface area (Å²) in [7, 11) is 0. The number of ether oxygens (including phenoxy) is 1. The van der Waals surface area contributed by atoms with E-state index in [0.29, 0.717) is 18.3 Å². The monoisotopic (exact) mass is 316 g/mol. The Morgan fingerprint density at radius 2 is 2.13 bits per heavy atom. The number of amides is 1. The molecule has 0 aromatic carbocycles. The van der Waals surface area contributed by atoms with Crippen molar-refractivity contribution in [1.29, 1.82) is 0 Å². The van der Waals surface area contributed by atoms with Gasteiger partial charge in [0.25, 0.3) is 0 Å². The van der Waals surface area contributed by atoms with Crippen LogP contribution in [0.4, 0.5) is 5.95 Å². The number of nitrogens with zero attached hydrogens (tertiary/aromatic N) is 3.